The Morgan fingerprint density at radius 2 is 1.87 bits per heavy atom. The van der Waals surface area contributed by atoms with Gasteiger partial charge in [0, 0.05) is 0 Å². The van der Waals surface area contributed by atoms with Gasteiger partial charge in [0.25, 0.3) is 0 Å². The predicted molar refractivity (Wildman–Crippen MR) is 97.1 cm³/mol. The summed E-state index contributed by atoms with van der Waals surface area (Å²) in [5.41, 5.74) is 1.39. The van der Waals surface area contributed by atoms with Crippen LogP contribution in [0, 0.1) is 0 Å². The molecule has 1 saturated heterocycles. The first-order valence-electron chi connectivity index (χ1n) is 9.37. The number of rotatable bonds is 13. The normalized spacial score (nSPS) is 16.8. The molecule has 1 fully saturated rings. The van der Waals surface area contributed by atoms with Crippen molar-refractivity contribution in [3.8, 4) is 5.75 Å². The lowest BCUT2D eigenvalue weighted by molar-refractivity contribution is 0.263. The van der Waals surface area contributed by atoms with Crippen LogP contribution in [-0.2, 0) is 11.2 Å². The van der Waals surface area contributed by atoms with E-state index in [4.69, 9.17) is 9.47 Å². The lowest BCUT2D eigenvalue weighted by Crippen LogP contribution is -2.04. The SMILES string of the molecule is CCCC/C=C/CCCCCCc1cccc(OCC2CO2)c1. The number of epoxide rings is 1. The molecule has 1 aliphatic heterocycles. The molecular weight excluding hydrogens is 284 g/mol. The van der Waals surface area contributed by atoms with Crippen LogP contribution in [0.1, 0.15) is 63.9 Å². The van der Waals surface area contributed by atoms with Crippen molar-refractivity contribution in [3.63, 3.8) is 0 Å². The van der Waals surface area contributed by atoms with E-state index in [2.05, 4.69) is 37.3 Å². The van der Waals surface area contributed by atoms with Crippen molar-refractivity contribution in [2.75, 3.05) is 13.2 Å². The van der Waals surface area contributed by atoms with Gasteiger partial charge in [0.1, 0.15) is 18.5 Å². The van der Waals surface area contributed by atoms with Gasteiger partial charge in [0.2, 0.25) is 0 Å². The van der Waals surface area contributed by atoms with Crippen molar-refractivity contribution in [1.82, 2.24) is 0 Å². The van der Waals surface area contributed by atoms with E-state index in [9.17, 15) is 0 Å². The van der Waals surface area contributed by atoms with Gasteiger partial charge < -0.3 is 9.47 Å². The Morgan fingerprint density at radius 3 is 2.65 bits per heavy atom. The van der Waals surface area contributed by atoms with E-state index >= 15 is 0 Å². The second kappa shape index (κ2) is 11.3. The Labute approximate surface area is 141 Å². The van der Waals surface area contributed by atoms with E-state index in [-0.39, 0.29) is 0 Å². The highest BCUT2D eigenvalue weighted by atomic mass is 16.6. The molecule has 0 N–H and O–H groups in total. The zero-order valence-corrected chi connectivity index (χ0v) is 14.6. The fourth-order valence-electron chi connectivity index (χ4n) is 2.65. The number of unbranched alkanes of at least 4 members (excludes halogenated alkanes) is 6. The van der Waals surface area contributed by atoms with Gasteiger partial charge in [-0.05, 0) is 49.8 Å². The molecule has 128 valence electrons. The van der Waals surface area contributed by atoms with Crippen LogP contribution in [0.4, 0.5) is 0 Å². The van der Waals surface area contributed by atoms with E-state index in [1.54, 1.807) is 0 Å². The van der Waals surface area contributed by atoms with Crippen LogP contribution >= 0.6 is 0 Å². The van der Waals surface area contributed by atoms with Crippen LogP contribution in [0.5, 0.6) is 5.75 Å². The first-order valence-corrected chi connectivity index (χ1v) is 9.37. The first kappa shape index (κ1) is 18.1. The zero-order valence-electron chi connectivity index (χ0n) is 14.6. The Balaban J connectivity index is 1.50. The molecule has 1 aliphatic rings. The van der Waals surface area contributed by atoms with Gasteiger partial charge >= 0.3 is 0 Å². The minimum atomic E-state index is 0.328. The quantitative estimate of drug-likeness (QED) is 0.264. The van der Waals surface area contributed by atoms with Gasteiger partial charge in [-0.1, -0.05) is 56.9 Å². The van der Waals surface area contributed by atoms with Gasteiger partial charge in [-0.3, -0.25) is 0 Å². The summed E-state index contributed by atoms with van der Waals surface area (Å²) in [6.07, 6.45) is 16.6. The minimum Gasteiger partial charge on any atom is -0.491 e. The maximum absolute atomic E-state index is 5.74. The number of allylic oxidation sites excluding steroid dienone is 2. The molecule has 0 spiro atoms. The van der Waals surface area contributed by atoms with Crippen LogP contribution in [0.3, 0.4) is 0 Å². The molecule has 1 atom stereocenters. The molecule has 2 rings (SSSR count). The molecule has 0 amide bonds. The molecule has 0 aliphatic carbocycles. The lowest BCUT2D eigenvalue weighted by Gasteiger charge is -2.07. The van der Waals surface area contributed by atoms with Gasteiger partial charge in [-0.2, -0.15) is 0 Å². The zero-order chi connectivity index (χ0) is 16.2. The highest BCUT2D eigenvalue weighted by Crippen LogP contribution is 2.18. The molecule has 0 radical (unpaired) electrons. The summed E-state index contributed by atoms with van der Waals surface area (Å²) in [7, 11) is 0. The first-order chi connectivity index (χ1) is 11.4. The Hall–Kier alpha value is -1.28. The molecule has 0 saturated carbocycles. The molecule has 2 nitrogen and oxygen atoms in total. The Kier molecular flexibility index (Phi) is 8.86. The van der Waals surface area contributed by atoms with E-state index in [1.165, 1.54) is 56.9 Å². The predicted octanol–water partition coefficient (Wildman–Crippen LogP) is 5.70. The van der Waals surface area contributed by atoms with Gasteiger partial charge in [-0.15, -0.1) is 0 Å². The molecule has 1 aromatic rings. The van der Waals surface area contributed by atoms with Crippen LogP contribution in [0.2, 0.25) is 0 Å². The van der Waals surface area contributed by atoms with Crippen molar-refractivity contribution >= 4 is 0 Å². The van der Waals surface area contributed by atoms with Crippen molar-refractivity contribution in [2.24, 2.45) is 0 Å². The van der Waals surface area contributed by atoms with E-state index < -0.39 is 0 Å². The standard InChI is InChI=1S/C21H32O2/c1-2-3-4-5-6-7-8-9-10-11-13-19-14-12-15-20(16-19)22-17-21-18-23-21/h5-6,12,14-16,21H,2-4,7-11,13,17-18H2,1H3/b6-5+. The molecule has 0 aromatic heterocycles. The molecule has 2 heteroatoms. The summed E-state index contributed by atoms with van der Waals surface area (Å²) < 4.78 is 10.9. The van der Waals surface area contributed by atoms with Gasteiger partial charge in [-0.25, -0.2) is 0 Å². The molecule has 1 heterocycles. The minimum absolute atomic E-state index is 0.328. The van der Waals surface area contributed by atoms with Crippen molar-refractivity contribution in [2.45, 2.75) is 70.8 Å². The van der Waals surface area contributed by atoms with Crippen LogP contribution in [0.15, 0.2) is 36.4 Å². The van der Waals surface area contributed by atoms with Gasteiger partial charge in [0.15, 0.2) is 0 Å². The maximum Gasteiger partial charge on any atom is 0.119 e. The van der Waals surface area contributed by atoms with Crippen molar-refractivity contribution in [1.29, 1.82) is 0 Å². The molecular formula is C21H32O2. The summed E-state index contributed by atoms with van der Waals surface area (Å²) >= 11 is 0. The molecule has 1 unspecified atom stereocenters. The van der Waals surface area contributed by atoms with Crippen molar-refractivity contribution in [3.05, 3.63) is 42.0 Å². The van der Waals surface area contributed by atoms with E-state index in [1.807, 2.05) is 6.07 Å². The highest BCUT2D eigenvalue weighted by Gasteiger charge is 2.22. The number of hydrogen-bond acceptors (Lipinski definition) is 2. The second-order valence-corrected chi connectivity index (χ2v) is 6.48. The number of benzene rings is 1. The summed E-state index contributed by atoms with van der Waals surface area (Å²) in [5.74, 6) is 0.982. The number of ether oxygens (including phenoxy) is 2. The Bertz CT molecular complexity index is 449. The fourth-order valence-corrected chi connectivity index (χ4v) is 2.65. The van der Waals surface area contributed by atoms with Gasteiger partial charge in [0.05, 0.1) is 6.61 Å². The topological polar surface area (TPSA) is 21.8 Å². The van der Waals surface area contributed by atoms with Crippen LogP contribution in [-0.4, -0.2) is 19.3 Å². The second-order valence-electron chi connectivity index (χ2n) is 6.48. The third kappa shape index (κ3) is 8.80. The largest absolute Gasteiger partial charge is 0.491 e. The van der Waals surface area contributed by atoms with Crippen LogP contribution in [0.25, 0.3) is 0 Å². The smallest absolute Gasteiger partial charge is 0.119 e. The fraction of sp³-hybridized carbons (Fsp3) is 0.619. The third-order valence-corrected chi connectivity index (χ3v) is 4.21. The van der Waals surface area contributed by atoms with E-state index in [0.717, 1.165) is 18.8 Å². The number of hydrogen-bond donors (Lipinski definition) is 0. The monoisotopic (exact) mass is 316 g/mol. The summed E-state index contributed by atoms with van der Waals surface area (Å²) in [5, 5.41) is 0. The molecule has 0 bridgehead atoms. The lowest BCUT2D eigenvalue weighted by atomic mass is 10.0. The van der Waals surface area contributed by atoms with Crippen LogP contribution < -0.4 is 4.74 Å². The van der Waals surface area contributed by atoms with Crippen molar-refractivity contribution < 1.29 is 9.47 Å². The molecule has 23 heavy (non-hydrogen) atoms. The third-order valence-electron chi connectivity index (χ3n) is 4.21. The average Bonchev–Trinajstić information content (AvgIpc) is 3.39. The Morgan fingerprint density at radius 1 is 1.09 bits per heavy atom. The van der Waals surface area contributed by atoms with E-state index in [0.29, 0.717) is 12.7 Å². The summed E-state index contributed by atoms with van der Waals surface area (Å²) in [4.78, 5) is 0. The summed E-state index contributed by atoms with van der Waals surface area (Å²) in [6.45, 7) is 3.79. The highest BCUT2D eigenvalue weighted by molar-refractivity contribution is 5.28. The number of aryl methyl sites for hydroxylation is 1. The maximum atomic E-state index is 5.74. The molecule has 1 aromatic carbocycles. The summed E-state index contributed by atoms with van der Waals surface area (Å²) in [6, 6.07) is 8.52. The average molecular weight is 316 g/mol.